The minimum Gasteiger partial charge on any atom is -0.396 e. The molecular weight excluding hydrogens is 295 g/mol. The highest BCUT2D eigenvalue weighted by atomic mass is 32.2. The van der Waals surface area contributed by atoms with E-state index >= 15 is 0 Å². The first-order chi connectivity index (χ1) is 9.09. The Hall–Kier alpha value is -1.12. The maximum atomic E-state index is 12.8. The van der Waals surface area contributed by atoms with E-state index in [-0.39, 0.29) is 6.61 Å². The Morgan fingerprint density at radius 3 is 2.30 bits per heavy atom. The molecule has 1 aromatic carbocycles. The van der Waals surface area contributed by atoms with Gasteiger partial charge in [0, 0.05) is 12.6 Å². The van der Waals surface area contributed by atoms with Crippen molar-refractivity contribution in [3.63, 3.8) is 0 Å². The van der Waals surface area contributed by atoms with Crippen molar-refractivity contribution in [2.24, 2.45) is 5.92 Å². The summed E-state index contributed by atoms with van der Waals surface area (Å²) in [5, 5.41) is 8.94. The topological polar surface area (TPSA) is 66.4 Å². The molecule has 0 spiro atoms. The Bertz CT molecular complexity index is 557. The lowest BCUT2D eigenvalue weighted by molar-refractivity contribution is -0.139. The molecule has 0 heterocycles. The number of hydrogen-bond donors (Lipinski definition) is 2. The highest BCUT2D eigenvalue weighted by Crippen LogP contribution is 2.33. The van der Waals surface area contributed by atoms with Crippen molar-refractivity contribution in [2.75, 3.05) is 6.61 Å². The summed E-state index contributed by atoms with van der Waals surface area (Å²) in [6.07, 6.45) is -4.75. The number of sulfonamides is 1. The van der Waals surface area contributed by atoms with E-state index in [2.05, 4.69) is 4.72 Å². The molecule has 20 heavy (non-hydrogen) atoms. The van der Waals surface area contributed by atoms with Crippen LogP contribution in [0.25, 0.3) is 0 Å². The fourth-order valence-electron chi connectivity index (χ4n) is 1.52. The largest absolute Gasteiger partial charge is 0.417 e. The molecule has 2 atom stereocenters. The van der Waals surface area contributed by atoms with Crippen LogP contribution in [0, 0.1) is 5.92 Å². The van der Waals surface area contributed by atoms with Crippen molar-refractivity contribution in [1.82, 2.24) is 4.72 Å². The summed E-state index contributed by atoms with van der Waals surface area (Å²) in [5.74, 6) is -0.414. The van der Waals surface area contributed by atoms with Crippen LogP contribution in [-0.2, 0) is 16.2 Å². The SMILES string of the molecule is CC(CO)C(C)NS(=O)(=O)c1ccccc1C(F)(F)F. The first-order valence-corrected chi connectivity index (χ1v) is 7.37. The summed E-state index contributed by atoms with van der Waals surface area (Å²) in [6, 6.07) is 3.29. The molecule has 0 fully saturated rings. The van der Waals surface area contributed by atoms with Crippen molar-refractivity contribution in [3.05, 3.63) is 29.8 Å². The fraction of sp³-hybridized carbons (Fsp3) is 0.500. The zero-order valence-corrected chi connectivity index (χ0v) is 11.8. The zero-order chi connectivity index (χ0) is 15.6. The monoisotopic (exact) mass is 311 g/mol. The third kappa shape index (κ3) is 3.94. The van der Waals surface area contributed by atoms with Crippen LogP contribution in [0.2, 0.25) is 0 Å². The molecule has 114 valence electrons. The molecule has 0 saturated carbocycles. The molecule has 0 saturated heterocycles. The van der Waals surface area contributed by atoms with Gasteiger partial charge in [-0.15, -0.1) is 0 Å². The van der Waals surface area contributed by atoms with E-state index in [1.807, 2.05) is 0 Å². The summed E-state index contributed by atoms with van der Waals surface area (Å²) in [4.78, 5) is -0.815. The van der Waals surface area contributed by atoms with Crippen LogP contribution in [0.15, 0.2) is 29.2 Å². The fourth-order valence-corrected chi connectivity index (χ4v) is 3.10. The van der Waals surface area contributed by atoms with Gasteiger partial charge < -0.3 is 5.11 Å². The van der Waals surface area contributed by atoms with Crippen molar-refractivity contribution in [1.29, 1.82) is 0 Å². The summed E-state index contributed by atoms with van der Waals surface area (Å²) < 4.78 is 64.6. The highest BCUT2D eigenvalue weighted by molar-refractivity contribution is 7.89. The molecule has 1 aromatic rings. The molecule has 2 unspecified atom stereocenters. The predicted octanol–water partition coefficient (Wildman–Crippen LogP) is 2.00. The number of aliphatic hydroxyl groups excluding tert-OH is 1. The minimum absolute atomic E-state index is 0.273. The molecule has 0 amide bonds. The van der Waals surface area contributed by atoms with E-state index in [1.54, 1.807) is 6.92 Å². The van der Waals surface area contributed by atoms with Crippen LogP contribution < -0.4 is 4.72 Å². The van der Waals surface area contributed by atoms with Crippen molar-refractivity contribution in [3.8, 4) is 0 Å². The Kier molecular flexibility index (Phi) is 5.17. The van der Waals surface area contributed by atoms with Crippen LogP contribution in [0.3, 0.4) is 0 Å². The van der Waals surface area contributed by atoms with Crippen LogP contribution >= 0.6 is 0 Å². The lowest BCUT2D eigenvalue weighted by Crippen LogP contribution is -2.39. The van der Waals surface area contributed by atoms with Crippen LogP contribution in [0.1, 0.15) is 19.4 Å². The van der Waals surface area contributed by atoms with Gasteiger partial charge in [0.1, 0.15) is 0 Å². The lowest BCUT2D eigenvalue weighted by Gasteiger charge is -2.20. The Labute approximate surface area is 115 Å². The van der Waals surface area contributed by atoms with Gasteiger partial charge in [0.2, 0.25) is 10.0 Å². The molecule has 1 rings (SSSR count). The Morgan fingerprint density at radius 1 is 1.25 bits per heavy atom. The maximum absolute atomic E-state index is 12.8. The number of hydrogen-bond acceptors (Lipinski definition) is 3. The third-order valence-electron chi connectivity index (χ3n) is 2.96. The van der Waals surface area contributed by atoms with E-state index in [1.165, 1.54) is 13.0 Å². The highest BCUT2D eigenvalue weighted by Gasteiger charge is 2.37. The number of rotatable bonds is 5. The smallest absolute Gasteiger partial charge is 0.396 e. The van der Waals surface area contributed by atoms with Crippen LogP contribution in [0.4, 0.5) is 13.2 Å². The zero-order valence-electron chi connectivity index (χ0n) is 11.0. The quantitative estimate of drug-likeness (QED) is 0.874. The van der Waals surface area contributed by atoms with Gasteiger partial charge in [-0.05, 0) is 25.0 Å². The second-order valence-electron chi connectivity index (χ2n) is 4.56. The molecule has 2 N–H and O–H groups in total. The average molecular weight is 311 g/mol. The second kappa shape index (κ2) is 6.11. The molecular formula is C12H16F3NO3S. The Morgan fingerprint density at radius 2 is 1.80 bits per heavy atom. The summed E-state index contributed by atoms with van der Waals surface area (Å²) in [7, 11) is -4.31. The van der Waals surface area contributed by atoms with Crippen molar-refractivity contribution < 1.29 is 26.7 Å². The maximum Gasteiger partial charge on any atom is 0.417 e. The minimum atomic E-state index is -4.75. The first-order valence-electron chi connectivity index (χ1n) is 5.89. The van der Waals surface area contributed by atoms with Gasteiger partial charge in [0.25, 0.3) is 0 Å². The summed E-state index contributed by atoms with van der Waals surface area (Å²) in [6.45, 7) is 2.79. The molecule has 0 aliphatic heterocycles. The van der Waals surface area contributed by atoms with E-state index in [9.17, 15) is 21.6 Å². The number of benzene rings is 1. The second-order valence-corrected chi connectivity index (χ2v) is 6.25. The van der Waals surface area contributed by atoms with E-state index in [0.29, 0.717) is 6.07 Å². The summed E-state index contributed by atoms with van der Waals surface area (Å²) in [5.41, 5.74) is -1.21. The number of halogens is 3. The van der Waals surface area contributed by atoms with E-state index in [4.69, 9.17) is 5.11 Å². The third-order valence-corrected chi connectivity index (χ3v) is 4.58. The van der Waals surface area contributed by atoms with Gasteiger partial charge in [0.15, 0.2) is 0 Å². The molecule has 0 bridgehead atoms. The number of aliphatic hydroxyl groups is 1. The standard InChI is InChI=1S/C12H16F3NO3S/c1-8(7-17)9(2)16-20(18,19)11-6-4-3-5-10(11)12(13,14)15/h3-6,8-9,16-17H,7H2,1-2H3. The molecule has 0 aromatic heterocycles. The molecule has 0 aliphatic rings. The average Bonchev–Trinajstić information content (AvgIpc) is 2.36. The van der Waals surface area contributed by atoms with E-state index in [0.717, 1.165) is 12.1 Å². The lowest BCUT2D eigenvalue weighted by atomic mass is 10.1. The van der Waals surface area contributed by atoms with Crippen molar-refractivity contribution in [2.45, 2.75) is 31.0 Å². The first kappa shape index (κ1) is 16.9. The molecule has 0 radical (unpaired) electrons. The van der Waals surface area contributed by atoms with Gasteiger partial charge >= 0.3 is 6.18 Å². The van der Waals surface area contributed by atoms with Gasteiger partial charge in [-0.1, -0.05) is 19.1 Å². The molecule has 0 aliphatic carbocycles. The van der Waals surface area contributed by atoms with Crippen LogP contribution in [-0.4, -0.2) is 26.2 Å². The van der Waals surface area contributed by atoms with Crippen molar-refractivity contribution >= 4 is 10.0 Å². The predicted molar refractivity (Wildman–Crippen MR) is 67.5 cm³/mol. The van der Waals surface area contributed by atoms with Gasteiger partial charge in [-0.25, -0.2) is 13.1 Å². The van der Waals surface area contributed by atoms with Crippen LogP contribution in [0.5, 0.6) is 0 Å². The molecule has 8 heteroatoms. The van der Waals surface area contributed by atoms with Gasteiger partial charge in [-0.2, -0.15) is 13.2 Å². The normalized spacial score (nSPS) is 15.9. The number of alkyl halides is 3. The van der Waals surface area contributed by atoms with E-state index < -0.39 is 38.6 Å². The van der Waals surface area contributed by atoms with Gasteiger partial charge in [-0.3, -0.25) is 0 Å². The van der Waals surface area contributed by atoms with Gasteiger partial charge in [0.05, 0.1) is 10.5 Å². The summed E-state index contributed by atoms with van der Waals surface area (Å²) >= 11 is 0. The Balaban J connectivity index is 3.17. The number of nitrogens with one attached hydrogen (secondary N) is 1. The molecule has 4 nitrogen and oxygen atoms in total.